The number of hydrogen-bond acceptors (Lipinski definition) is 4. The number of carbonyl (C=O) groups is 1. The van der Waals surface area contributed by atoms with Crippen molar-refractivity contribution in [3.8, 4) is 0 Å². The van der Waals surface area contributed by atoms with Crippen molar-refractivity contribution in [3.63, 3.8) is 0 Å². The highest BCUT2D eigenvalue weighted by Crippen LogP contribution is 2.33. The maximum absolute atomic E-state index is 13.3. The number of hydrogen-bond donors (Lipinski definition) is 2. The first-order valence-electron chi connectivity index (χ1n) is 13.6. The fraction of sp³-hybridized carbons (Fsp3) is 0.400. The standard InChI is InChI=1S/C30H35F3N6O/c1-4-7-24-18-27(38-37-24)35-26-17-22(5-2)25(12-11-21-8-6-9-23(16-21)30(31,32)33)20(3)10-13-28(36-26)39-15-14-34-29(40)19-39/h4,6-9,11-12,16-18,20,25H,5,10,13-15,19H2,1-3H3,(H,34,40)(H,37,38)/b7-4+,12-11+,22-17?,35-26?,36-28?. The van der Waals surface area contributed by atoms with E-state index in [4.69, 9.17) is 9.98 Å². The van der Waals surface area contributed by atoms with E-state index in [0.29, 0.717) is 43.1 Å². The van der Waals surface area contributed by atoms with Crippen LogP contribution in [0.4, 0.5) is 19.0 Å². The average Bonchev–Trinajstić information content (AvgIpc) is 3.38. The number of nitrogens with zero attached hydrogens (tertiary/aromatic N) is 4. The molecular weight excluding hydrogens is 517 g/mol. The second-order valence-corrected chi connectivity index (χ2v) is 10.0. The van der Waals surface area contributed by atoms with Crippen LogP contribution in [0.5, 0.6) is 0 Å². The predicted octanol–water partition coefficient (Wildman–Crippen LogP) is 6.42. The number of nitrogens with one attached hydrogen (secondary N) is 2. The van der Waals surface area contributed by atoms with Crippen LogP contribution in [-0.4, -0.2) is 52.3 Å². The van der Waals surface area contributed by atoms with Gasteiger partial charge in [0, 0.05) is 31.5 Å². The third kappa shape index (κ3) is 7.58. The van der Waals surface area contributed by atoms with Crippen LogP contribution in [0.25, 0.3) is 12.2 Å². The van der Waals surface area contributed by atoms with Gasteiger partial charge in [0.1, 0.15) is 5.84 Å². The van der Waals surface area contributed by atoms with Crippen LogP contribution >= 0.6 is 0 Å². The molecule has 2 aromatic rings. The van der Waals surface area contributed by atoms with Crippen molar-refractivity contribution in [2.75, 3.05) is 19.6 Å². The number of benzene rings is 1. The Balaban J connectivity index is 1.73. The van der Waals surface area contributed by atoms with Gasteiger partial charge in [-0.2, -0.15) is 18.3 Å². The molecule has 0 aliphatic carbocycles. The summed E-state index contributed by atoms with van der Waals surface area (Å²) in [7, 11) is 0. The van der Waals surface area contributed by atoms with Gasteiger partial charge in [0.25, 0.3) is 0 Å². The largest absolute Gasteiger partial charge is 0.416 e. The van der Waals surface area contributed by atoms with Crippen molar-refractivity contribution in [1.29, 1.82) is 0 Å². The van der Waals surface area contributed by atoms with E-state index in [1.165, 1.54) is 12.1 Å². The van der Waals surface area contributed by atoms with Gasteiger partial charge < -0.3 is 10.2 Å². The van der Waals surface area contributed by atoms with Gasteiger partial charge in [-0.25, -0.2) is 9.98 Å². The van der Waals surface area contributed by atoms with Crippen LogP contribution in [-0.2, 0) is 11.0 Å². The number of aromatic nitrogens is 2. The van der Waals surface area contributed by atoms with E-state index in [1.54, 1.807) is 12.1 Å². The average molecular weight is 553 g/mol. The summed E-state index contributed by atoms with van der Waals surface area (Å²) in [5.74, 6) is 1.83. The minimum Gasteiger partial charge on any atom is -0.353 e. The first-order valence-corrected chi connectivity index (χ1v) is 13.6. The molecule has 10 heteroatoms. The van der Waals surface area contributed by atoms with Crippen LogP contribution in [0.15, 0.2) is 64.1 Å². The van der Waals surface area contributed by atoms with E-state index in [-0.39, 0.29) is 24.3 Å². The molecule has 1 amide bonds. The second-order valence-electron chi connectivity index (χ2n) is 10.0. The smallest absolute Gasteiger partial charge is 0.353 e. The van der Waals surface area contributed by atoms with Gasteiger partial charge in [-0.1, -0.05) is 49.8 Å². The molecule has 0 radical (unpaired) electrons. The third-order valence-electron chi connectivity index (χ3n) is 7.10. The first kappa shape index (κ1) is 29.0. The number of aromatic amines is 1. The quantitative estimate of drug-likeness (QED) is 0.449. The molecule has 40 heavy (non-hydrogen) atoms. The Hall–Kier alpha value is -3.95. The SMILES string of the molecule is C/C=C/c1cc(N=C2C=C(CC)C(/C=C/c3cccc(C(F)(F)F)c3)C(C)CCC(N3CCNC(=O)C3)=N2)n[nH]1. The Kier molecular flexibility index (Phi) is 9.39. The van der Waals surface area contributed by atoms with Crippen molar-refractivity contribution in [2.24, 2.45) is 21.8 Å². The van der Waals surface area contributed by atoms with Gasteiger partial charge >= 0.3 is 6.18 Å². The number of allylic oxidation sites excluding steroid dienone is 3. The van der Waals surface area contributed by atoms with Crippen molar-refractivity contribution in [1.82, 2.24) is 20.4 Å². The molecule has 2 unspecified atom stereocenters. The fourth-order valence-corrected chi connectivity index (χ4v) is 4.98. The summed E-state index contributed by atoms with van der Waals surface area (Å²) in [6.07, 6.45) is 7.24. The van der Waals surface area contributed by atoms with Gasteiger partial charge in [-0.05, 0) is 55.5 Å². The molecule has 0 bridgehead atoms. The van der Waals surface area contributed by atoms with Crippen LogP contribution in [0.3, 0.4) is 0 Å². The van der Waals surface area contributed by atoms with Crippen LogP contribution in [0.1, 0.15) is 56.9 Å². The second kappa shape index (κ2) is 12.9. The van der Waals surface area contributed by atoms with E-state index in [0.717, 1.165) is 29.6 Å². The maximum atomic E-state index is 13.3. The molecule has 1 aromatic heterocycles. The number of amides is 1. The minimum atomic E-state index is -4.40. The maximum Gasteiger partial charge on any atom is 0.416 e. The number of alkyl halides is 3. The molecule has 1 aromatic carbocycles. The molecule has 2 aliphatic heterocycles. The van der Waals surface area contributed by atoms with Crippen molar-refractivity contribution in [2.45, 2.75) is 46.2 Å². The van der Waals surface area contributed by atoms with Crippen molar-refractivity contribution >= 4 is 35.5 Å². The van der Waals surface area contributed by atoms with Crippen LogP contribution < -0.4 is 5.32 Å². The number of rotatable bonds is 5. The minimum absolute atomic E-state index is 0.0401. The Morgan fingerprint density at radius 3 is 2.77 bits per heavy atom. The van der Waals surface area contributed by atoms with Gasteiger partial charge in [-0.15, -0.1) is 0 Å². The number of aliphatic imine (C=N–C) groups is 2. The van der Waals surface area contributed by atoms with Crippen molar-refractivity contribution < 1.29 is 18.0 Å². The van der Waals surface area contributed by atoms with E-state index in [1.807, 2.05) is 42.2 Å². The van der Waals surface area contributed by atoms with Gasteiger partial charge in [-0.3, -0.25) is 9.89 Å². The Morgan fingerprint density at radius 1 is 1.23 bits per heavy atom. The summed E-state index contributed by atoms with van der Waals surface area (Å²) in [6.45, 7) is 7.55. The lowest BCUT2D eigenvalue weighted by Gasteiger charge is -2.30. The van der Waals surface area contributed by atoms with Crippen LogP contribution in [0, 0.1) is 11.8 Å². The van der Waals surface area contributed by atoms with E-state index < -0.39 is 11.7 Å². The molecule has 2 N–H and O–H groups in total. The fourth-order valence-electron chi connectivity index (χ4n) is 4.98. The summed E-state index contributed by atoms with van der Waals surface area (Å²) in [5.41, 5.74) is 1.71. The lowest BCUT2D eigenvalue weighted by atomic mass is 9.82. The van der Waals surface area contributed by atoms with Gasteiger partial charge in [0.2, 0.25) is 5.91 Å². The Morgan fingerprint density at radius 2 is 2.05 bits per heavy atom. The molecular formula is C30H35F3N6O. The normalized spacial score (nSPS) is 22.2. The molecule has 1 saturated heterocycles. The molecule has 4 rings (SSSR count). The summed E-state index contributed by atoms with van der Waals surface area (Å²) in [5, 5.41) is 10.1. The lowest BCUT2D eigenvalue weighted by Crippen LogP contribution is -2.50. The number of carbonyl (C=O) groups excluding carboxylic acids is 1. The monoisotopic (exact) mass is 552 g/mol. The number of amidine groups is 2. The zero-order valence-corrected chi connectivity index (χ0v) is 23.0. The van der Waals surface area contributed by atoms with E-state index in [2.05, 4.69) is 29.4 Å². The molecule has 1 fully saturated rings. The molecule has 2 aliphatic rings. The first-order chi connectivity index (χ1) is 19.2. The zero-order chi connectivity index (χ0) is 28.7. The summed E-state index contributed by atoms with van der Waals surface area (Å²) >= 11 is 0. The number of halogens is 3. The number of H-pyrrole nitrogens is 1. The molecule has 0 saturated carbocycles. The third-order valence-corrected chi connectivity index (χ3v) is 7.10. The summed E-state index contributed by atoms with van der Waals surface area (Å²) < 4.78 is 39.8. The highest BCUT2D eigenvalue weighted by molar-refractivity contribution is 6.05. The predicted molar refractivity (Wildman–Crippen MR) is 153 cm³/mol. The highest BCUT2D eigenvalue weighted by atomic mass is 19.4. The van der Waals surface area contributed by atoms with Crippen LogP contribution in [0.2, 0.25) is 0 Å². The summed E-state index contributed by atoms with van der Waals surface area (Å²) in [4.78, 5) is 23.8. The highest BCUT2D eigenvalue weighted by Gasteiger charge is 2.30. The molecule has 0 spiro atoms. The summed E-state index contributed by atoms with van der Waals surface area (Å²) in [6, 6.07) is 7.18. The lowest BCUT2D eigenvalue weighted by molar-refractivity contribution is -0.137. The van der Waals surface area contributed by atoms with E-state index >= 15 is 0 Å². The topological polar surface area (TPSA) is 85.7 Å². The van der Waals surface area contributed by atoms with E-state index in [9.17, 15) is 18.0 Å². The molecule has 212 valence electrons. The Bertz CT molecular complexity index is 1350. The number of piperazine rings is 1. The Labute approximate surface area is 232 Å². The zero-order valence-electron chi connectivity index (χ0n) is 23.0. The van der Waals surface area contributed by atoms with Gasteiger partial charge in [0.15, 0.2) is 11.7 Å². The van der Waals surface area contributed by atoms with Gasteiger partial charge in [0.05, 0.1) is 17.8 Å². The van der Waals surface area contributed by atoms with Crippen molar-refractivity contribution in [3.05, 3.63) is 71.0 Å². The molecule has 2 atom stereocenters. The molecule has 7 nitrogen and oxygen atoms in total. The molecule has 3 heterocycles.